The second kappa shape index (κ2) is 11.5. The molecule has 17 heteroatoms. The fourth-order valence-electron chi connectivity index (χ4n) is 3.83. The van der Waals surface area contributed by atoms with Crippen LogP contribution in [0.4, 0.5) is 0 Å². The zero-order chi connectivity index (χ0) is 26.2. The average molecular weight is 518 g/mol. The molecule has 0 aliphatic carbocycles. The summed E-state index contributed by atoms with van der Waals surface area (Å²) in [5.74, 6) is -1.65. The number of aliphatic hydroxyl groups is 10. The zero-order valence-electron chi connectivity index (χ0n) is 17.9. The van der Waals surface area contributed by atoms with Crippen LogP contribution in [-0.2, 0) is 28.5 Å². The van der Waals surface area contributed by atoms with Crippen molar-refractivity contribution in [2.45, 2.75) is 92.1 Å². The largest absolute Gasteiger partial charge is 0.479 e. The average Bonchev–Trinajstić information content (AvgIpc) is 2.82. The van der Waals surface area contributed by atoms with Gasteiger partial charge in [0.25, 0.3) is 0 Å². The lowest BCUT2D eigenvalue weighted by Crippen LogP contribution is -2.63. The lowest BCUT2D eigenvalue weighted by Gasteiger charge is -2.43. The maximum Gasteiger partial charge on any atom is 0.335 e. The van der Waals surface area contributed by atoms with Crippen molar-refractivity contribution in [1.82, 2.24) is 0 Å². The van der Waals surface area contributed by atoms with Crippen LogP contribution in [-0.4, -0.2) is 167 Å². The summed E-state index contributed by atoms with van der Waals surface area (Å²) in [6.07, 6.45) is -26.6. The van der Waals surface area contributed by atoms with Gasteiger partial charge >= 0.3 is 5.97 Å². The fourth-order valence-corrected chi connectivity index (χ4v) is 3.83. The van der Waals surface area contributed by atoms with Crippen LogP contribution in [0.3, 0.4) is 0 Å². The molecule has 0 aromatic rings. The standard InChI is InChI=1S/C18H30O17/c19-5-3(33-16(30)11(25)7(5)21)1-31-17-12(26)8(22)6(20)4(34-17)2-32-18-13(27)9(23)10(24)14(35-18)15(28)29/h3-14,16-27,30H,1-2H2,(H,28,29)/t3-,4-,5-,6-,7+,8+,9+,10+,11-,12-,13-,14+,16+,17-,18-/m1/s1. The summed E-state index contributed by atoms with van der Waals surface area (Å²) in [5.41, 5.74) is 0. The SMILES string of the molecule is O=C(O)[C@H]1O[C@@H](OC[C@H]2O[C@@H](OC[C@H]3O[C@H](O)[C@H](O)[C@@H](O)[C@@H]3O)[C@H](O)[C@@H](O)[C@@H]2O)[C@H](O)[C@@H](O)[C@@H]1O. The minimum absolute atomic E-state index is 0.616. The molecule has 3 aliphatic heterocycles. The molecule has 0 bridgehead atoms. The highest BCUT2D eigenvalue weighted by atomic mass is 16.7. The third kappa shape index (κ3) is 5.90. The lowest BCUT2D eigenvalue weighted by atomic mass is 9.98. The van der Waals surface area contributed by atoms with Gasteiger partial charge in [-0.2, -0.15) is 0 Å². The van der Waals surface area contributed by atoms with Gasteiger partial charge in [0.1, 0.15) is 67.1 Å². The van der Waals surface area contributed by atoms with E-state index in [0.29, 0.717) is 0 Å². The Labute approximate surface area is 196 Å². The van der Waals surface area contributed by atoms with Crippen molar-refractivity contribution in [1.29, 1.82) is 0 Å². The first-order valence-corrected chi connectivity index (χ1v) is 10.6. The quantitative estimate of drug-likeness (QED) is 0.149. The molecule has 0 aromatic heterocycles. The van der Waals surface area contributed by atoms with Crippen LogP contribution in [0.5, 0.6) is 0 Å². The number of carbonyl (C=O) groups is 1. The summed E-state index contributed by atoms with van der Waals surface area (Å²) in [6, 6.07) is 0. The Hall–Kier alpha value is -1.13. The number of rotatable bonds is 7. The van der Waals surface area contributed by atoms with E-state index in [1.807, 2.05) is 0 Å². The molecule has 15 atom stereocenters. The van der Waals surface area contributed by atoms with Crippen LogP contribution in [0.1, 0.15) is 0 Å². The van der Waals surface area contributed by atoms with Gasteiger partial charge in [0.15, 0.2) is 25.0 Å². The Morgan fingerprint density at radius 2 is 0.971 bits per heavy atom. The summed E-state index contributed by atoms with van der Waals surface area (Å²) < 4.78 is 25.7. The van der Waals surface area contributed by atoms with Crippen LogP contribution < -0.4 is 0 Å². The van der Waals surface area contributed by atoms with Gasteiger partial charge < -0.3 is 79.9 Å². The van der Waals surface area contributed by atoms with E-state index in [1.54, 1.807) is 0 Å². The molecule has 0 spiro atoms. The normalized spacial score (nSPS) is 51.2. The predicted molar refractivity (Wildman–Crippen MR) is 102 cm³/mol. The van der Waals surface area contributed by atoms with Crippen LogP contribution in [0.25, 0.3) is 0 Å². The second-order valence-corrected chi connectivity index (χ2v) is 8.45. The molecular weight excluding hydrogens is 488 g/mol. The van der Waals surface area contributed by atoms with E-state index in [-0.39, 0.29) is 0 Å². The van der Waals surface area contributed by atoms with Crippen molar-refractivity contribution in [3.63, 3.8) is 0 Å². The molecule has 35 heavy (non-hydrogen) atoms. The number of ether oxygens (including phenoxy) is 5. The van der Waals surface area contributed by atoms with E-state index < -0.39 is 111 Å². The van der Waals surface area contributed by atoms with Gasteiger partial charge in [-0.05, 0) is 0 Å². The first kappa shape index (κ1) is 28.4. The molecule has 0 saturated carbocycles. The van der Waals surface area contributed by atoms with E-state index in [1.165, 1.54) is 0 Å². The Morgan fingerprint density at radius 3 is 1.49 bits per heavy atom. The van der Waals surface area contributed by atoms with Crippen molar-refractivity contribution in [2.75, 3.05) is 13.2 Å². The van der Waals surface area contributed by atoms with Gasteiger partial charge in [0, 0.05) is 0 Å². The zero-order valence-corrected chi connectivity index (χ0v) is 17.9. The van der Waals surface area contributed by atoms with E-state index in [4.69, 9.17) is 28.8 Å². The molecule has 3 heterocycles. The Kier molecular flexibility index (Phi) is 9.35. The lowest BCUT2D eigenvalue weighted by molar-refractivity contribution is -0.338. The molecule has 0 aromatic carbocycles. The highest BCUT2D eigenvalue weighted by molar-refractivity contribution is 5.73. The number of hydrogen-bond donors (Lipinski definition) is 11. The maximum atomic E-state index is 11.2. The molecule has 0 radical (unpaired) electrons. The minimum atomic E-state index is -1.95. The van der Waals surface area contributed by atoms with Crippen molar-refractivity contribution >= 4 is 5.97 Å². The molecule has 17 nitrogen and oxygen atoms in total. The van der Waals surface area contributed by atoms with Gasteiger partial charge in [0.2, 0.25) is 0 Å². The van der Waals surface area contributed by atoms with Crippen LogP contribution in [0, 0.1) is 0 Å². The predicted octanol–water partition coefficient (Wildman–Crippen LogP) is -7.48. The van der Waals surface area contributed by atoms with E-state index in [9.17, 15) is 55.9 Å². The fraction of sp³-hybridized carbons (Fsp3) is 0.944. The molecule has 3 saturated heterocycles. The molecule has 11 N–H and O–H groups in total. The minimum Gasteiger partial charge on any atom is -0.479 e. The number of aliphatic hydroxyl groups excluding tert-OH is 10. The highest BCUT2D eigenvalue weighted by Crippen LogP contribution is 2.27. The first-order valence-electron chi connectivity index (χ1n) is 10.6. The maximum absolute atomic E-state index is 11.2. The molecule has 204 valence electrons. The number of carboxylic acid groups (broad SMARTS) is 1. The van der Waals surface area contributed by atoms with Crippen molar-refractivity contribution in [2.24, 2.45) is 0 Å². The molecule has 3 rings (SSSR count). The molecule has 3 fully saturated rings. The highest BCUT2D eigenvalue weighted by Gasteiger charge is 2.50. The van der Waals surface area contributed by atoms with Gasteiger partial charge in [-0.1, -0.05) is 0 Å². The second-order valence-electron chi connectivity index (χ2n) is 8.45. The number of carboxylic acids is 1. The van der Waals surface area contributed by atoms with E-state index in [0.717, 1.165) is 0 Å². The van der Waals surface area contributed by atoms with Gasteiger partial charge in [-0.25, -0.2) is 4.79 Å². The summed E-state index contributed by atoms with van der Waals surface area (Å²) in [6.45, 7) is -1.30. The molecule has 0 unspecified atom stereocenters. The third-order valence-corrected chi connectivity index (χ3v) is 6.02. The van der Waals surface area contributed by atoms with E-state index >= 15 is 0 Å². The van der Waals surface area contributed by atoms with Crippen LogP contribution in [0.15, 0.2) is 0 Å². The van der Waals surface area contributed by atoms with Gasteiger partial charge in [-0.3, -0.25) is 0 Å². The Balaban J connectivity index is 1.60. The smallest absolute Gasteiger partial charge is 0.335 e. The van der Waals surface area contributed by atoms with Crippen molar-refractivity contribution in [3.05, 3.63) is 0 Å². The first-order chi connectivity index (χ1) is 16.3. The Bertz CT molecular complexity index is 711. The summed E-state index contributed by atoms with van der Waals surface area (Å²) in [7, 11) is 0. The topological polar surface area (TPSA) is 286 Å². The Morgan fingerprint density at radius 1 is 0.543 bits per heavy atom. The number of aliphatic carboxylic acids is 1. The van der Waals surface area contributed by atoms with Crippen LogP contribution >= 0.6 is 0 Å². The molecular formula is C18H30O17. The summed E-state index contributed by atoms with van der Waals surface area (Å²) in [5, 5.41) is 108. The molecule has 3 aliphatic rings. The van der Waals surface area contributed by atoms with Crippen molar-refractivity contribution < 1.29 is 84.7 Å². The van der Waals surface area contributed by atoms with Crippen molar-refractivity contribution in [3.8, 4) is 0 Å². The van der Waals surface area contributed by atoms with Gasteiger partial charge in [0.05, 0.1) is 13.2 Å². The van der Waals surface area contributed by atoms with Gasteiger partial charge in [-0.15, -0.1) is 0 Å². The summed E-state index contributed by atoms with van der Waals surface area (Å²) in [4.78, 5) is 11.2. The van der Waals surface area contributed by atoms with Crippen LogP contribution in [0.2, 0.25) is 0 Å². The van der Waals surface area contributed by atoms with E-state index in [2.05, 4.69) is 0 Å². The summed E-state index contributed by atoms with van der Waals surface area (Å²) >= 11 is 0. The molecule has 0 amide bonds. The monoisotopic (exact) mass is 518 g/mol. The number of hydrogen-bond acceptors (Lipinski definition) is 16. The third-order valence-electron chi connectivity index (χ3n) is 6.02.